The summed E-state index contributed by atoms with van der Waals surface area (Å²) in [7, 11) is 0. The van der Waals surface area contributed by atoms with Crippen LogP contribution in [-0.4, -0.2) is 0 Å². The molecule has 0 nitrogen and oxygen atoms in total. The van der Waals surface area contributed by atoms with Crippen LogP contribution < -0.4 is 0 Å². The van der Waals surface area contributed by atoms with Crippen LogP contribution in [0.1, 0.15) is 22.3 Å². The topological polar surface area (TPSA) is 0 Å². The van der Waals surface area contributed by atoms with Crippen molar-refractivity contribution in [2.45, 2.75) is 27.7 Å². The maximum Gasteiger partial charge on any atom is 0.0415 e. The maximum atomic E-state index is 6.16. The Morgan fingerprint density at radius 3 is 2.12 bits per heavy atom. The number of hydrogen-bond acceptors (Lipinski definition) is 0. The van der Waals surface area contributed by atoms with Gasteiger partial charge in [0.1, 0.15) is 0 Å². The Balaban J connectivity index is 2.73. The number of hydrogen-bond donors (Lipinski definition) is 0. The first-order valence-corrected chi connectivity index (χ1v) is 6.22. The molecule has 0 aliphatic carbocycles. The predicted molar refractivity (Wildman–Crippen MR) is 75.8 cm³/mol. The van der Waals surface area contributed by atoms with Crippen molar-refractivity contribution >= 4 is 11.6 Å². The lowest BCUT2D eigenvalue weighted by atomic mass is 9.92. The van der Waals surface area contributed by atoms with Crippen molar-refractivity contribution < 1.29 is 0 Å². The highest BCUT2D eigenvalue weighted by atomic mass is 35.5. The summed E-state index contributed by atoms with van der Waals surface area (Å²) in [5, 5.41) is 0.809. The van der Waals surface area contributed by atoms with Gasteiger partial charge in [0.2, 0.25) is 0 Å². The summed E-state index contributed by atoms with van der Waals surface area (Å²) < 4.78 is 0. The zero-order valence-electron chi connectivity index (χ0n) is 10.8. The molecular weight excluding hydrogens is 228 g/mol. The van der Waals surface area contributed by atoms with Crippen LogP contribution in [0.25, 0.3) is 11.1 Å². The van der Waals surface area contributed by atoms with Gasteiger partial charge in [0.25, 0.3) is 0 Å². The van der Waals surface area contributed by atoms with Gasteiger partial charge in [-0.2, -0.15) is 0 Å². The molecule has 0 atom stereocenters. The Morgan fingerprint density at radius 2 is 1.41 bits per heavy atom. The molecule has 17 heavy (non-hydrogen) atoms. The van der Waals surface area contributed by atoms with Crippen molar-refractivity contribution in [2.75, 3.05) is 0 Å². The molecule has 0 bridgehead atoms. The first kappa shape index (κ1) is 12.2. The number of aryl methyl sites for hydroxylation is 2. The highest BCUT2D eigenvalue weighted by molar-refractivity contribution is 6.31. The third-order valence-corrected chi connectivity index (χ3v) is 3.75. The molecule has 2 rings (SSSR count). The third-order valence-electron chi connectivity index (χ3n) is 3.53. The van der Waals surface area contributed by atoms with Crippen LogP contribution in [0.3, 0.4) is 0 Å². The molecule has 2 aromatic carbocycles. The minimum atomic E-state index is 0.809. The second kappa shape index (κ2) is 4.54. The summed E-state index contributed by atoms with van der Waals surface area (Å²) in [6.45, 7) is 8.57. The van der Waals surface area contributed by atoms with E-state index >= 15 is 0 Å². The standard InChI is InChI=1S/C16H17Cl/c1-10-6-5-7-15(12(10)3)16-9-14(17)8-11(2)13(16)4/h5-9H,1-4H3. The lowest BCUT2D eigenvalue weighted by molar-refractivity contribution is 1.30. The van der Waals surface area contributed by atoms with E-state index in [1.54, 1.807) is 0 Å². The van der Waals surface area contributed by atoms with Crippen molar-refractivity contribution in [3.05, 3.63) is 57.6 Å². The quantitative estimate of drug-likeness (QED) is 0.644. The Labute approximate surface area is 108 Å². The second-order valence-corrected chi connectivity index (χ2v) is 5.08. The van der Waals surface area contributed by atoms with Crippen molar-refractivity contribution in [3.63, 3.8) is 0 Å². The van der Waals surface area contributed by atoms with Gasteiger partial charge in [-0.15, -0.1) is 0 Å². The molecule has 0 fully saturated rings. The van der Waals surface area contributed by atoms with Crippen molar-refractivity contribution in [3.8, 4) is 11.1 Å². The van der Waals surface area contributed by atoms with E-state index in [0.29, 0.717) is 0 Å². The fraction of sp³-hybridized carbons (Fsp3) is 0.250. The monoisotopic (exact) mass is 244 g/mol. The van der Waals surface area contributed by atoms with Gasteiger partial charge in [0, 0.05) is 5.02 Å². The summed E-state index contributed by atoms with van der Waals surface area (Å²) in [5.74, 6) is 0. The Morgan fingerprint density at radius 1 is 0.765 bits per heavy atom. The van der Waals surface area contributed by atoms with Gasteiger partial charge < -0.3 is 0 Å². The molecule has 0 heterocycles. The molecule has 0 aromatic heterocycles. The van der Waals surface area contributed by atoms with Crippen LogP contribution in [0.4, 0.5) is 0 Å². The van der Waals surface area contributed by atoms with Crippen LogP contribution in [-0.2, 0) is 0 Å². The molecule has 0 aliphatic rings. The summed E-state index contributed by atoms with van der Waals surface area (Å²) in [6.07, 6.45) is 0. The van der Waals surface area contributed by atoms with Gasteiger partial charge in [0.15, 0.2) is 0 Å². The van der Waals surface area contributed by atoms with Gasteiger partial charge in [-0.25, -0.2) is 0 Å². The zero-order chi connectivity index (χ0) is 12.6. The predicted octanol–water partition coefficient (Wildman–Crippen LogP) is 5.24. The van der Waals surface area contributed by atoms with Crippen molar-refractivity contribution in [1.29, 1.82) is 0 Å². The van der Waals surface area contributed by atoms with Crippen LogP contribution in [0, 0.1) is 27.7 Å². The molecule has 2 aromatic rings. The Bertz CT molecular complexity index is 568. The molecule has 0 N–H and O–H groups in total. The van der Waals surface area contributed by atoms with Crippen LogP contribution in [0.2, 0.25) is 5.02 Å². The molecule has 0 spiro atoms. The average Bonchev–Trinajstić information content (AvgIpc) is 2.27. The molecule has 0 unspecified atom stereocenters. The summed E-state index contributed by atoms with van der Waals surface area (Å²) >= 11 is 6.16. The maximum absolute atomic E-state index is 6.16. The Kier molecular flexibility index (Phi) is 3.26. The average molecular weight is 245 g/mol. The molecule has 0 amide bonds. The third kappa shape index (κ3) is 2.23. The van der Waals surface area contributed by atoms with Crippen LogP contribution in [0.15, 0.2) is 30.3 Å². The summed E-state index contributed by atoms with van der Waals surface area (Å²) in [6, 6.07) is 10.5. The van der Waals surface area contributed by atoms with Gasteiger partial charge in [0.05, 0.1) is 0 Å². The van der Waals surface area contributed by atoms with E-state index in [2.05, 4.69) is 52.0 Å². The molecule has 0 aliphatic heterocycles. The van der Waals surface area contributed by atoms with E-state index in [9.17, 15) is 0 Å². The highest BCUT2D eigenvalue weighted by Gasteiger charge is 2.09. The largest absolute Gasteiger partial charge is 0.0843 e. The highest BCUT2D eigenvalue weighted by Crippen LogP contribution is 2.32. The normalized spacial score (nSPS) is 10.6. The van der Waals surface area contributed by atoms with E-state index in [-0.39, 0.29) is 0 Å². The summed E-state index contributed by atoms with van der Waals surface area (Å²) in [5.41, 5.74) is 7.73. The SMILES string of the molecule is Cc1cccc(-c2cc(Cl)cc(C)c2C)c1C. The molecule has 0 radical (unpaired) electrons. The fourth-order valence-electron chi connectivity index (χ4n) is 2.14. The lowest BCUT2D eigenvalue weighted by Gasteiger charge is -2.13. The Hall–Kier alpha value is -1.27. The molecule has 0 saturated carbocycles. The van der Waals surface area contributed by atoms with Crippen LogP contribution in [0.5, 0.6) is 0 Å². The molecule has 1 heteroatoms. The van der Waals surface area contributed by atoms with E-state index in [4.69, 9.17) is 11.6 Å². The van der Waals surface area contributed by atoms with Crippen LogP contribution >= 0.6 is 11.6 Å². The van der Waals surface area contributed by atoms with E-state index in [0.717, 1.165) is 5.02 Å². The first-order valence-electron chi connectivity index (χ1n) is 5.84. The van der Waals surface area contributed by atoms with Gasteiger partial charge >= 0.3 is 0 Å². The lowest BCUT2D eigenvalue weighted by Crippen LogP contribution is -1.92. The van der Waals surface area contributed by atoms with Gasteiger partial charge in [-0.1, -0.05) is 29.8 Å². The number of benzene rings is 2. The molecule has 0 saturated heterocycles. The van der Waals surface area contributed by atoms with Crippen molar-refractivity contribution in [2.24, 2.45) is 0 Å². The minimum absolute atomic E-state index is 0.809. The fourth-order valence-corrected chi connectivity index (χ4v) is 2.41. The first-order chi connectivity index (χ1) is 8.00. The second-order valence-electron chi connectivity index (χ2n) is 4.64. The summed E-state index contributed by atoms with van der Waals surface area (Å²) in [4.78, 5) is 0. The molecular formula is C16H17Cl. The zero-order valence-corrected chi connectivity index (χ0v) is 11.5. The van der Waals surface area contributed by atoms with Crippen molar-refractivity contribution in [1.82, 2.24) is 0 Å². The van der Waals surface area contributed by atoms with Gasteiger partial charge in [-0.3, -0.25) is 0 Å². The van der Waals surface area contributed by atoms with E-state index in [1.165, 1.54) is 33.4 Å². The van der Waals surface area contributed by atoms with E-state index in [1.807, 2.05) is 6.07 Å². The number of rotatable bonds is 1. The number of halogens is 1. The van der Waals surface area contributed by atoms with E-state index < -0.39 is 0 Å². The van der Waals surface area contributed by atoms with Gasteiger partial charge in [-0.05, 0) is 73.2 Å². The smallest absolute Gasteiger partial charge is 0.0415 e. The molecule has 88 valence electrons. The minimum Gasteiger partial charge on any atom is -0.0843 e.